The second-order valence-corrected chi connectivity index (χ2v) is 7.46. The van der Waals surface area contributed by atoms with Crippen molar-refractivity contribution in [2.24, 2.45) is 11.3 Å². The summed E-state index contributed by atoms with van der Waals surface area (Å²) in [6.07, 6.45) is 11.0. The molecule has 0 saturated heterocycles. The molecule has 0 amide bonds. The number of rotatable bonds is 4. The second-order valence-electron chi connectivity index (χ2n) is 7.46. The normalized spacial score (nSPS) is 37.6. The van der Waals surface area contributed by atoms with E-state index in [0.717, 1.165) is 38.5 Å². The number of aliphatic hydroxyl groups is 2. The lowest BCUT2D eigenvalue weighted by atomic mass is 9.66. The molecule has 2 N–H and O–H groups in total. The number of hydrogen-bond donors (Lipinski definition) is 2. The van der Waals surface area contributed by atoms with Crippen molar-refractivity contribution in [1.82, 2.24) is 0 Å². The number of fused-ring (bicyclic) bond motifs is 1. The van der Waals surface area contributed by atoms with Crippen LogP contribution in [0.4, 0.5) is 0 Å². The Morgan fingerprint density at radius 3 is 2.79 bits per heavy atom. The maximum atomic E-state index is 10.2. The lowest BCUT2D eigenvalue weighted by Gasteiger charge is -2.40. The van der Waals surface area contributed by atoms with Gasteiger partial charge in [0.05, 0.1) is 11.7 Å². The summed E-state index contributed by atoms with van der Waals surface area (Å²) >= 11 is 0. The van der Waals surface area contributed by atoms with Gasteiger partial charge >= 0.3 is 0 Å². The highest BCUT2D eigenvalue weighted by Gasteiger charge is 2.47. The average molecular weight is 266 g/mol. The van der Waals surface area contributed by atoms with Crippen molar-refractivity contribution in [3.05, 3.63) is 11.6 Å². The zero-order chi connectivity index (χ0) is 14.1. The molecule has 0 aromatic heterocycles. The minimum atomic E-state index is -0.540. The van der Waals surface area contributed by atoms with Gasteiger partial charge in [-0.25, -0.2) is 0 Å². The molecule has 2 aliphatic carbocycles. The van der Waals surface area contributed by atoms with Gasteiger partial charge in [0, 0.05) is 0 Å². The van der Waals surface area contributed by atoms with E-state index in [1.807, 2.05) is 13.8 Å². The van der Waals surface area contributed by atoms with Crippen LogP contribution in [0.2, 0.25) is 0 Å². The molecular formula is C17H30O2. The predicted octanol–water partition coefficient (Wildman–Crippen LogP) is 3.82. The predicted molar refractivity (Wildman–Crippen MR) is 78.9 cm³/mol. The molecule has 2 heteroatoms. The van der Waals surface area contributed by atoms with E-state index in [1.165, 1.54) is 12.8 Å². The van der Waals surface area contributed by atoms with Crippen LogP contribution in [0.25, 0.3) is 0 Å². The Kier molecular flexibility index (Phi) is 4.42. The van der Waals surface area contributed by atoms with Gasteiger partial charge in [-0.2, -0.15) is 0 Å². The fourth-order valence-corrected chi connectivity index (χ4v) is 4.14. The number of unbranched alkanes of at least 4 members (excludes halogenated alkanes) is 1. The first-order valence-electron chi connectivity index (χ1n) is 7.93. The summed E-state index contributed by atoms with van der Waals surface area (Å²) in [5, 5.41) is 19.9. The van der Waals surface area contributed by atoms with Crippen LogP contribution < -0.4 is 0 Å². The third kappa shape index (κ3) is 3.41. The van der Waals surface area contributed by atoms with Crippen LogP contribution in [-0.4, -0.2) is 21.9 Å². The largest absolute Gasteiger partial charge is 0.393 e. The van der Waals surface area contributed by atoms with Crippen LogP contribution >= 0.6 is 0 Å². The Labute approximate surface area is 117 Å². The third-order valence-corrected chi connectivity index (χ3v) is 5.32. The minimum Gasteiger partial charge on any atom is -0.393 e. The third-order valence-electron chi connectivity index (χ3n) is 5.32. The standard InChI is InChI=1S/C17H30O2/c1-16(2,19)11-5-4-7-13-9-10-14-15(18)8-6-12-17(13,14)3/h7,14-15,18-19H,4-6,8-12H2,1-3H3/b13-7-/t14-,15-,17+/m0/s1. The molecule has 2 aliphatic rings. The fraction of sp³-hybridized carbons (Fsp3) is 0.882. The van der Waals surface area contributed by atoms with E-state index in [4.69, 9.17) is 0 Å². The van der Waals surface area contributed by atoms with Crippen molar-refractivity contribution in [3.8, 4) is 0 Å². The first-order chi connectivity index (χ1) is 8.83. The first kappa shape index (κ1) is 15.1. The molecule has 0 bridgehead atoms. The topological polar surface area (TPSA) is 40.5 Å². The van der Waals surface area contributed by atoms with Crippen molar-refractivity contribution in [2.75, 3.05) is 0 Å². The smallest absolute Gasteiger partial charge is 0.0591 e. The van der Waals surface area contributed by atoms with E-state index in [0.29, 0.717) is 5.92 Å². The molecule has 0 aromatic carbocycles. The average Bonchev–Trinajstić information content (AvgIpc) is 2.62. The van der Waals surface area contributed by atoms with Gasteiger partial charge in [0.25, 0.3) is 0 Å². The Hall–Kier alpha value is -0.340. The molecule has 0 spiro atoms. The highest BCUT2D eigenvalue weighted by atomic mass is 16.3. The van der Waals surface area contributed by atoms with Crippen LogP contribution in [0.3, 0.4) is 0 Å². The summed E-state index contributed by atoms with van der Waals surface area (Å²) < 4.78 is 0. The lowest BCUT2D eigenvalue weighted by molar-refractivity contribution is 0.0148. The summed E-state index contributed by atoms with van der Waals surface area (Å²) in [4.78, 5) is 0. The van der Waals surface area contributed by atoms with E-state index in [-0.39, 0.29) is 11.5 Å². The molecule has 0 aromatic rings. The van der Waals surface area contributed by atoms with Gasteiger partial charge in [-0.15, -0.1) is 0 Å². The fourth-order valence-electron chi connectivity index (χ4n) is 4.14. The van der Waals surface area contributed by atoms with Gasteiger partial charge in [0.2, 0.25) is 0 Å². The Bertz CT molecular complexity index is 340. The molecule has 19 heavy (non-hydrogen) atoms. The van der Waals surface area contributed by atoms with Crippen molar-refractivity contribution in [3.63, 3.8) is 0 Å². The van der Waals surface area contributed by atoms with E-state index in [1.54, 1.807) is 5.57 Å². The molecular weight excluding hydrogens is 236 g/mol. The monoisotopic (exact) mass is 266 g/mol. The maximum Gasteiger partial charge on any atom is 0.0591 e. The van der Waals surface area contributed by atoms with E-state index >= 15 is 0 Å². The molecule has 0 radical (unpaired) electrons. The number of aliphatic hydroxyl groups excluding tert-OH is 1. The number of hydrogen-bond acceptors (Lipinski definition) is 2. The number of allylic oxidation sites excluding steroid dienone is 2. The summed E-state index contributed by atoms with van der Waals surface area (Å²) in [5.74, 6) is 0.488. The van der Waals surface area contributed by atoms with Crippen LogP contribution in [-0.2, 0) is 0 Å². The molecule has 2 saturated carbocycles. The first-order valence-corrected chi connectivity index (χ1v) is 7.93. The minimum absolute atomic E-state index is 0.0824. The Morgan fingerprint density at radius 2 is 2.11 bits per heavy atom. The van der Waals surface area contributed by atoms with Gasteiger partial charge in [-0.1, -0.05) is 18.6 Å². The van der Waals surface area contributed by atoms with Crippen molar-refractivity contribution in [1.29, 1.82) is 0 Å². The second kappa shape index (κ2) is 5.57. The Morgan fingerprint density at radius 1 is 1.37 bits per heavy atom. The molecule has 2 fully saturated rings. The van der Waals surface area contributed by atoms with E-state index in [2.05, 4.69) is 13.0 Å². The zero-order valence-electron chi connectivity index (χ0n) is 12.8. The molecule has 110 valence electrons. The molecule has 0 unspecified atom stereocenters. The van der Waals surface area contributed by atoms with E-state index in [9.17, 15) is 10.2 Å². The lowest BCUT2D eigenvalue weighted by Crippen LogP contribution is -2.37. The molecule has 0 heterocycles. The Balaban J connectivity index is 1.94. The van der Waals surface area contributed by atoms with Crippen LogP contribution in [0.5, 0.6) is 0 Å². The van der Waals surface area contributed by atoms with Gasteiger partial charge in [-0.05, 0) is 76.5 Å². The molecule has 0 aliphatic heterocycles. The van der Waals surface area contributed by atoms with E-state index < -0.39 is 5.60 Å². The van der Waals surface area contributed by atoms with Crippen molar-refractivity contribution < 1.29 is 10.2 Å². The molecule has 3 atom stereocenters. The zero-order valence-corrected chi connectivity index (χ0v) is 12.8. The quantitative estimate of drug-likeness (QED) is 0.600. The molecule has 2 nitrogen and oxygen atoms in total. The van der Waals surface area contributed by atoms with Crippen LogP contribution in [0.1, 0.15) is 72.1 Å². The SMILES string of the molecule is CC(C)(O)CCC/C=C1/CC[C@H]2[C@@H](O)CCC[C@]12C. The van der Waals surface area contributed by atoms with Crippen molar-refractivity contribution >= 4 is 0 Å². The highest BCUT2D eigenvalue weighted by molar-refractivity contribution is 5.22. The van der Waals surface area contributed by atoms with Gasteiger partial charge in [0.1, 0.15) is 0 Å². The summed E-state index contributed by atoms with van der Waals surface area (Å²) in [6.45, 7) is 6.12. The van der Waals surface area contributed by atoms with Crippen LogP contribution in [0, 0.1) is 11.3 Å². The summed E-state index contributed by atoms with van der Waals surface area (Å²) in [5.41, 5.74) is 1.29. The van der Waals surface area contributed by atoms with Crippen LogP contribution in [0.15, 0.2) is 11.6 Å². The van der Waals surface area contributed by atoms with Gasteiger partial charge in [0.15, 0.2) is 0 Å². The van der Waals surface area contributed by atoms with Gasteiger partial charge < -0.3 is 10.2 Å². The maximum absolute atomic E-state index is 10.2. The highest BCUT2D eigenvalue weighted by Crippen LogP contribution is 2.55. The van der Waals surface area contributed by atoms with Crippen molar-refractivity contribution in [2.45, 2.75) is 83.8 Å². The summed E-state index contributed by atoms with van der Waals surface area (Å²) in [6, 6.07) is 0. The summed E-state index contributed by atoms with van der Waals surface area (Å²) in [7, 11) is 0. The molecule has 2 rings (SSSR count). The van der Waals surface area contributed by atoms with Gasteiger partial charge in [-0.3, -0.25) is 0 Å².